The molecule has 0 amide bonds. The van der Waals surface area contributed by atoms with Gasteiger partial charge in [0.05, 0.1) is 17.5 Å². The van der Waals surface area contributed by atoms with E-state index in [2.05, 4.69) is 16.9 Å². The average Bonchev–Trinajstić information content (AvgIpc) is 2.93. The van der Waals surface area contributed by atoms with Crippen LogP contribution in [0.2, 0.25) is 0 Å². The lowest BCUT2D eigenvalue weighted by molar-refractivity contribution is 0.165. The van der Waals surface area contributed by atoms with E-state index in [9.17, 15) is 18.3 Å². The molecule has 0 fully saturated rings. The number of rotatable bonds is 11. The van der Waals surface area contributed by atoms with E-state index >= 15 is 0 Å². The summed E-state index contributed by atoms with van der Waals surface area (Å²) < 4.78 is 34.4. The molecule has 0 aliphatic heterocycles. The lowest BCUT2D eigenvalue weighted by Crippen LogP contribution is -2.35. The summed E-state index contributed by atoms with van der Waals surface area (Å²) in [6, 6.07) is 16.7. The minimum Gasteiger partial charge on any atom is -0.492 e. The molecule has 0 bridgehead atoms. The van der Waals surface area contributed by atoms with E-state index in [1.54, 1.807) is 24.5 Å². The van der Waals surface area contributed by atoms with E-state index < -0.39 is 32.2 Å². The van der Waals surface area contributed by atoms with Gasteiger partial charge >= 0.3 is 0 Å². The Labute approximate surface area is 228 Å². The standard InChI is InChI=1S/C30H33N3O5S/c1-4-5-7-12-27-32-29(34)28(30(35)33(27)26(20-38-3)23-10-8-6-9-11-23)39(36,37)24-15-13-22(14-16-24)25-17-18-31-19-21(25)2/h6,8-11,13-19,26,34H,4-5,7,12,20H2,1-3H3/t26-/m0/s1. The van der Waals surface area contributed by atoms with E-state index in [-0.39, 0.29) is 11.5 Å². The van der Waals surface area contributed by atoms with Crippen LogP contribution in [0.4, 0.5) is 0 Å². The van der Waals surface area contributed by atoms with Gasteiger partial charge in [0.25, 0.3) is 5.56 Å². The fourth-order valence-electron chi connectivity index (χ4n) is 4.70. The van der Waals surface area contributed by atoms with Crippen LogP contribution in [0.25, 0.3) is 11.1 Å². The number of aromatic hydroxyl groups is 1. The molecule has 204 valence electrons. The molecule has 1 N–H and O–H groups in total. The highest BCUT2D eigenvalue weighted by atomic mass is 32.2. The van der Waals surface area contributed by atoms with E-state index in [0.717, 1.165) is 41.5 Å². The van der Waals surface area contributed by atoms with Crippen molar-refractivity contribution in [3.8, 4) is 17.0 Å². The normalized spacial score (nSPS) is 12.4. The lowest BCUT2D eigenvalue weighted by atomic mass is 10.0. The predicted octanol–water partition coefficient (Wildman–Crippen LogP) is 5.12. The van der Waals surface area contributed by atoms with Gasteiger partial charge in [0.1, 0.15) is 5.82 Å². The van der Waals surface area contributed by atoms with Gasteiger partial charge in [-0.15, -0.1) is 0 Å². The van der Waals surface area contributed by atoms with Gasteiger partial charge in [0.2, 0.25) is 15.7 Å². The van der Waals surface area contributed by atoms with Gasteiger partial charge in [-0.1, -0.05) is 62.2 Å². The molecule has 39 heavy (non-hydrogen) atoms. The van der Waals surface area contributed by atoms with Gasteiger partial charge in [-0.3, -0.25) is 14.3 Å². The molecule has 4 rings (SSSR count). The summed E-state index contributed by atoms with van der Waals surface area (Å²) in [5.41, 5.74) is 2.62. The van der Waals surface area contributed by atoms with Crippen LogP contribution in [-0.2, 0) is 21.0 Å². The number of hydrogen-bond donors (Lipinski definition) is 1. The fraction of sp³-hybridized carbons (Fsp3) is 0.300. The largest absolute Gasteiger partial charge is 0.492 e. The van der Waals surface area contributed by atoms with Crippen molar-refractivity contribution in [1.29, 1.82) is 0 Å². The average molecular weight is 548 g/mol. The number of benzene rings is 2. The minimum absolute atomic E-state index is 0.111. The summed E-state index contributed by atoms with van der Waals surface area (Å²) in [6.07, 6.45) is 6.41. The highest BCUT2D eigenvalue weighted by Crippen LogP contribution is 2.30. The third-order valence-corrected chi connectivity index (χ3v) is 8.51. The number of aryl methyl sites for hydroxylation is 2. The van der Waals surface area contributed by atoms with Crippen LogP contribution in [0.3, 0.4) is 0 Å². The molecule has 9 heteroatoms. The zero-order valence-corrected chi connectivity index (χ0v) is 23.2. The molecular formula is C30H33N3O5S. The van der Waals surface area contributed by atoms with Crippen molar-refractivity contribution in [2.75, 3.05) is 13.7 Å². The summed E-state index contributed by atoms with van der Waals surface area (Å²) in [5, 5.41) is 10.9. The summed E-state index contributed by atoms with van der Waals surface area (Å²) >= 11 is 0. The third kappa shape index (κ3) is 5.94. The summed E-state index contributed by atoms with van der Waals surface area (Å²) in [5.74, 6) is -0.472. The maximum Gasteiger partial charge on any atom is 0.277 e. The van der Waals surface area contributed by atoms with Crippen LogP contribution < -0.4 is 5.56 Å². The van der Waals surface area contributed by atoms with Crippen LogP contribution in [0, 0.1) is 6.92 Å². The summed E-state index contributed by atoms with van der Waals surface area (Å²) in [4.78, 5) is 21.5. The van der Waals surface area contributed by atoms with Gasteiger partial charge in [0, 0.05) is 25.9 Å². The molecule has 0 unspecified atom stereocenters. The quantitative estimate of drug-likeness (QED) is 0.259. The van der Waals surface area contributed by atoms with E-state index in [0.29, 0.717) is 12.2 Å². The van der Waals surface area contributed by atoms with Crippen LogP contribution in [-0.4, -0.2) is 41.8 Å². The van der Waals surface area contributed by atoms with Crippen molar-refractivity contribution in [1.82, 2.24) is 14.5 Å². The fourth-order valence-corrected chi connectivity index (χ4v) is 6.04. The highest BCUT2D eigenvalue weighted by Gasteiger charge is 2.32. The molecule has 2 aromatic carbocycles. The second-order valence-corrected chi connectivity index (χ2v) is 11.3. The molecule has 0 spiro atoms. The monoisotopic (exact) mass is 547 g/mol. The zero-order valence-electron chi connectivity index (χ0n) is 22.4. The van der Waals surface area contributed by atoms with Gasteiger partial charge in [-0.25, -0.2) is 8.42 Å². The number of pyridine rings is 1. The topological polar surface area (TPSA) is 111 Å². The molecule has 0 saturated carbocycles. The van der Waals surface area contributed by atoms with Crippen LogP contribution in [0.15, 0.2) is 87.6 Å². The van der Waals surface area contributed by atoms with Gasteiger partial charge in [-0.2, -0.15) is 4.98 Å². The Morgan fingerprint density at radius 2 is 1.74 bits per heavy atom. The van der Waals surface area contributed by atoms with Gasteiger partial charge < -0.3 is 9.84 Å². The first-order valence-corrected chi connectivity index (χ1v) is 14.4. The third-order valence-electron chi connectivity index (χ3n) is 6.72. The van der Waals surface area contributed by atoms with Gasteiger partial charge in [-0.05, 0) is 53.8 Å². The second kappa shape index (κ2) is 12.4. The Hall–Kier alpha value is -3.82. The maximum atomic E-state index is 14.0. The Balaban J connectivity index is 1.86. The number of aromatic nitrogens is 3. The Morgan fingerprint density at radius 3 is 2.38 bits per heavy atom. The highest BCUT2D eigenvalue weighted by molar-refractivity contribution is 7.91. The Morgan fingerprint density at radius 1 is 1.03 bits per heavy atom. The van der Waals surface area contributed by atoms with Crippen molar-refractivity contribution in [3.05, 3.63) is 100 Å². The van der Waals surface area contributed by atoms with Crippen molar-refractivity contribution < 1.29 is 18.3 Å². The van der Waals surface area contributed by atoms with Crippen molar-refractivity contribution in [2.24, 2.45) is 0 Å². The molecule has 8 nitrogen and oxygen atoms in total. The number of hydrogen-bond acceptors (Lipinski definition) is 7. The van der Waals surface area contributed by atoms with Crippen LogP contribution >= 0.6 is 0 Å². The molecule has 2 heterocycles. The lowest BCUT2D eigenvalue weighted by Gasteiger charge is -2.24. The molecule has 4 aromatic rings. The Bertz CT molecular complexity index is 1580. The summed E-state index contributed by atoms with van der Waals surface area (Å²) in [7, 11) is -2.88. The zero-order chi connectivity index (χ0) is 28.0. The number of unbranched alkanes of at least 4 members (excludes halogenated alkanes) is 2. The second-order valence-electron chi connectivity index (χ2n) is 9.41. The predicted molar refractivity (Wildman–Crippen MR) is 150 cm³/mol. The molecule has 0 aliphatic carbocycles. The van der Waals surface area contributed by atoms with Crippen molar-refractivity contribution in [2.45, 2.75) is 55.4 Å². The molecule has 2 aromatic heterocycles. The van der Waals surface area contributed by atoms with Crippen molar-refractivity contribution in [3.63, 3.8) is 0 Å². The van der Waals surface area contributed by atoms with Crippen LogP contribution in [0.1, 0.15) is 49.2 Å². The first kappa shape index (κ1) is 28.2. The number of methoxy groups -OCH3 is 1. The molecule has 1 atom stereocenters. The van der Waals surface area contributed by atoms with Crippen molar-refractivity contribution >= 4 is 9.84 Å². The van der Waals surface area contributed by atoms with E-state index in [1.165, 1.54) is 23.8 Å². The van der Waals surface area contributed by atoms with Crippen LogP contribution in [0.5, 0.6) is 5.88 Å². The number of ether oxygens (including phenoxy) is 1. The smallest absolute Gasteiger partial charge is 0.277 e. The van der Waals surface area contributed by atoms with Gasteiger partial charge in [0.15, 0.2) is 4.90 Å². The molecule has 0 aliphatic rings. The molecular weight excluding hydrogens is 514 g/mol. The van der Waals surface area contributed by atoms with E-state index in [4.69, 9.17) is 4.74 Å². The molecule has 0 radical (unpaired) electrons. The SMILES string of the molecule is CCCCCc1nc(O)c(S(=O)(=O)c2ccc(-c3ccncc3C)cc2)c(=O)n1[C@@H](COC)c1ccccc1. The first-order valence-electron chi connectivity index (χ1n) is 12.9. The maximum absolute atomic E-state index is 14.0. The summed E-state index contributed by atoms with van der Waals surface area (Å²) in [6.45, 7) is 4.10. The first-order chi connectivity index (χ1) is 18.8. The van der Waals surface area contributed by atoms with E-state index in [1.807, 2.05) is 43.3 Å². The molecule has 0 saturated heterocycles. The number of sulfone groups is 1. The number of nitrogens with zero attached hydrogens (tertiary/aromatic N) is 3. The minimum atomic E-state index is -4.40. The Kier molecular flexibility index (Phi) is 8.93.